The molecule has 0 amide bonds. The van der Waals surface area contributed by atoms with E-state index in [2.05, 4.69) is 9.73 Å². The maximum absolute atomic E-state index is 11.9. The summed E-state index contributed by atoms with van der Waals surface area (Å²) in [6, 6.07) is 8.46. The van der Waals surface area contributed by atoms with Crippen LogP contribution in [-0.2, 0) is 9.53 Å². The second-order valence-electron chi connectivity index (χ2n) is 3.27. The average Bonchev–Trinajstić information content (AvgIpc) is 3.02. The first-order valence-corrected chi connectivity index (χ1v) is 4.95. The quantitative estimate of drug-likeness (QED) is 0.346. The summed E-state index contributed by atoms with van der Waals surface area (Å²) in [6.07, 6.45) is 0. The van der Waals surface area contributed by atoms with Gasteiger partial charge >= 0.3 is 5.97 Å². The van der Waals surface area contributed by atoms with Crippen molar-refractivity contribution in [3.63, 3.8) is 0 Å². The van der Waals surface area contributed by atoms with Crippen molar-refractivity contribution in [1.82, 2.24) is 0 Å². The molecule has 1 atom stereocenters. The van der Waals surface area contributed by atoms with Crippen LogP contribution >= 0.6 is 11.6 Å². The van der Waals surface area contributed by atoms with Crippen LogP contribution in [0.5, 0.6) is 0 Å². The van der Waals surface area contributed by atoms with Crippen LogP contribution < -0.4 is 0 Å². The summed E-state index contributed by atoms with van der Waals surface area (Å²) in [6.45, 7) is 0. The lowest BCUT2D eigenvalue weighted by atomic mass is 10.1. The van der Waals surface area contributed by atoms with Gasteiger partial charge in [0.25, 0.3) is 0 Å². The summed E-state index contributed by atoms with van der Waals surface area (Å²) < 4.78 is 4.45. The highest BCUT2D eigenvalue weighted by molar-refractivity contribution is 6.67. The van der Waals surface area contributed by atoms with E-state index in [1.54, 1.807) is 30.3 Å². The zero-order valence-corrected chi connectivity index (χ0v) is 9.19. The topological polar surface area (TPSA) is 55.7 Å². The third kappa shape index (κ3) is 1.61. The van der Waals surface area contributed by atoms with Gasteiger partial charge in [-0.15, -0.1) is 0 Å². The van der Waals surface area contributed by atoms with Crippen LogP contribution in [0.3, 0.4) is 0 Å². The fraction of sp³-hybridized carbons (Fsp3) is 0.182. The number of esters is 1. The molecule has 1 aromatic carbocycles. The van der Waals surface area contributed by atoms with Crippen LogP contribution in [0.4, 0.5) is 0 Å². The van der Waals surface area contributed by atoms with E-state index in [-0.39, 0.29) is 5.71 Å². The predicted octanol–water partition coefficient (Wildman–Crippen LogP) is 1.43. The highest BCUT2D eigenvalue weighted by Crippen LogP contribution is 2.36. The molecular weight excluding hydrogens is 230 g/mol. The number of benzene rings is 1. The van der Waals surface area contributed by atoms with Crippen LogP contribution in [0, 0.1) is 0 Å². The number of carbonyl (C=O) groups is 2. The zero-order chi connectivity index (χ0) is 11.8. The van der Waals surface area contributed by atoms with E-state index in [1.165, 1.54) is 7.11 Å². The van der Waals surface area contributed by atoms with Crippen LogP contribution in [0.15, 0.2) is 35.3 Å². The van der Waals surface area contributed by atoms with Crippen molar-refractivity contribution in [1.29, 1.82) is 0 Å². The average molecular weight is 238 g/mol. The molecule has 1 aliphatic heterocycles. The van der Waals surface area contributed by atoms with Crippen molar-refractivity contribution in [2.24, 2.45) is 4.99 Å². The van der Waals surface area contributed by atoms with Gasteiger partial charge in [0.15, 0.2) is 5.71 Å². The third-order valence-corrected chi connectivity index (χ3v) is 2.68. The van der Waals surface area contributed by atoms with E-state index in [4.69, 9.17) is 11.6 Å². The van der Waals surface area contributed by atoms with Gasteiger partial charge in [-0.2, -0.15) is 0 Å². The third-order valence-electron chi connectivity index (χ3n) is 2.25. The molecule has 1 unspecified atom stereocenters. The standard InChI is InChI=1S/C11H8ClNO3/c1-16-10(15)8-11(12,13-8)9(14)7-5-3-2-4-6-7/h2-6H,1H3. The molecule has 0 N–H and O–H groups in total. The van der Waals surface area contributed by atoms with Crippen LogP contribution in [0.25, 0.3) is 0 Å². The Morgan fingerprint density at radius 1 is 1.31 bits per heavy atom. The number of ketones is 1. The summed E-state index contributed by atoms with van der Waals surface area (Å²) in [5.41, 5.74) is 0.380. The Morgan fingerprint density at radius 2 is 1.94 bits per heavy atom. The summed E-state index contributed by atoms with van der Waals surface area (Å²) in [5.74, 6) is -1.07. The lowest BCUT2D eigenvalue weighted by molar-refractivity contribution is -0.132. The molecule has 0 radical (unpaired) electrons. The zero-order valence-electron chi connectivity index (χ0n) is 8.44. The molecular formula is C11H8ClNO3. The molecule has 0 saturated heterocycles. The summed E-state index contributed by atoms with van der Waals surface area (Å²) in [7, 11) is 1.22. The van der Waals surface area contributed by atoms with E-state index in [9.17, 15) is 9.59 Å². The molecule has 82 valence electrons. The van der Waals surface area contributed by atoms with Crippen molar-refractivity contribution in [3.8, 4) is 0 Å². The van der Waals surface area contributed by atoms with Crippen molar-refractivity contribution < 1.29 is 14.3 Å². The number of ether oxygens (including phenoxy) is 1. The molecule has 0 fully saturated rings. The van der Waals surface area contributed by atoms with Gasteiger partial charge in [-0.25, -0.2) is 9.79 Å². The number of carbonyl (C=O) groups excluding carboxylic acids is 2. The number of methoxy groups -OCH3 is 1. The molecule has 0 spiro atoms. The van der Waals surface area contributed by atoms with Gasteiger partial charge in [-0.1, -0.05) is 41.9 Å². The van der Waals surface area contributed by atoms with Crippen LogP contribution in [0.1, 0.15) is 10.4 Å². The van der Waals surface area contributed by atoms with Crippen LogP contribution in [0.2, 0.25) is 0 Å². The number of alkyl halides is 1. The molecule has 4 nitrogen and oxygen atoms in total. The molecule has 2 rings (SSSR count). The molecule has 1 aromatic rings. The monoisotopic (exact) mass is 237 g/mol. The van der Waals surface area contributed by atoms with E-state index < -0.39 is 16.8 Å². The molecule has 0 aromatic heterocycles. The van der Waals surface area contributed by atoms with Gasteiger partial charge in [0.2, 0.25) is 10.8 Å². The Labute approximate surface area is 96.9 Å². The predicted molar refractivity (Wildman–Crippen MR) is 58.8 cm³/mol. The second kappa shape index (κ2) is 3.72. The number of Topliss-reactive ketones (excluding diaryl/α,β-unsaturated/α-hetero) is 1. The molecule has 1 aliphatic rings. The summed E-state index contributed by atoms with van der Waals surface area (Å²) >= 11 is 5.91. The van der Waals surface area contributed by atoms with Gasteiger partial charge < -0.3 is 4.74 Å². The Bertz CT molecular complexity index is 483. The maximum Gasteiger partial charge on any atom is 0.356 e. The van der Waals surface area contributed by atoms with Crippen molar-refractivity contribution in [3.05, 3.63) is 35.9 Å². The molecule has 0 bridgehead atoms. The van der Waals surface area contributed by atoms with Crippen LogP contribution in [-0.4, -0.2) is 29.6 Å². The first-order valence-electron chi connectivity index (χ1n) is 4.57. The Balaban J connectivity index is 2.18. The molecule has 0 aliphatic carbocycles. The number of halogens is 1. The Hall–Kier alpha value is -1.68. The second-order valence-corrected chi connectivity index (χ2v) is 3.82. The highest BCUT2D eigenvalue weighted by Gasteiger charge is 2.57. The minimum atomic E-state index is -1.55. The molecule has 5 heteroatoms. The van der Waals surface area contributed by atoms with Crippen molar-refractivity contribution in [2.75, 3.05) is 7.11 Å². The number of nitrogens with zero attached hydrogens (tertiary/aromatic N) is 1. The smallest absolute Gasteiger partial charge is 0.356 e. The maximum atomic E-state index is 11.9. The van der Waals surface area contributed by atoms with E-state index in [1.807, 2.05) is 0 Å². The minimum absolute atomic E-state index is 0.0366. The minimum Gasteiger partial charge on any atom is -0.464 e. The summed E-state index contributed by atoms with van der Waals surface area (Å²) in [4.78, 5) is 25.2. The van der Waals surface area contributed by atoms with Gasteiger partial charge in [0.1, 0.15) is 0 Å². The fourth-order valence-corrected chi connectivity index (χ4v) is 1.61. The molecule has 16 heavy (non-hydrogen) atoms. The number of aliphatic imine (C=N–C) groups is 1. The first kappa shape index (κ1) is 10.8. The van der Waals surface area contributed by atoms with Gasteiger partial charge in [-0.3, -0.25) is 4.79 Å². The number of hydrogen-bond donors (Lipinski definition) is 0. The Kier molecular flexibility index (Phi) is 2.52. The number of hydrogen-bond acceptors (Lipinski definition) is 4. The van der Waals surface area contributed by atoms with E-state index in [0.717, 1.165) is 0 Å². The first-order chi connectivity index (χ1) is 7.59. The summed E-state index contributed by atoms with van der Waals surface area (Å²) in [5, 5.41) is 0. The van der Waals surface area contributed by atoms with Gasteiger partial charge in [0, 0.05) is 5.56 Å². The SMILES string of the molecule is COC(=O)C1=NC1(Cl)C(=O)c1ccccc1. The number of rotatable bonds is 3. The lowest BCUT2D eigenvalue weighted by Gasteiger charge is -2.04. The van der Waals surface area contributed by atoms with Gasteiger partial charge in [-0.05, 0) is 0 Å². The fourth-order valence-electron chi connectivity index (χ4n) is 1.34. The highest BCUT2D eigenvalue weighted by atomic mass is 35.5. The van der Waals surface area contributed by atoms with Crippen molar-refractivity contribution >= 4 is 29.1 Å². The largest absolute Gasteiger partial charge is 0.464 e. The van der Waals surface area contributed by atoms with Gasteiger partial charge in [0.05, 0.1) is 7.11 Å². The molecule has 0 saturated carbocycles. The Morgan fingerprint density at radius 3 is 2.50 bits per heavy atom. The van der Waals surface area contributed by atoms with E-state index >= 15 is 0 Å². The molecule has 1 heterocycles. The van der Waals surface area contributed by atoms with E-state index in [0.29, 0.717) is 5.56 Å². The normalized spacial score (nSPS) is 22.2. The lowest BCUT2D eigenvalue weighted by Crippen LogP contribution is -2.28. The van der Waals surface area contributed by atoms with Crippen molar-refractivity contribution in [2.45, 2.75) is 5.00 Å².